The standard InChI is InChI=1S/C18H27N3O3.C2HF3O2/c1-13-6-16(19-24-13)9-20-8-15-12-23-11-14(17(15)10-20)7-18(22)21-4-2-3-5-21;3-2(4,5)1(6)7/h6,14-15,17H,2-5,7-12H2,1H3;(H,6,7)/t14-,15-,17+;/m1./s1. The van der Waals surface area contributed by atoms with Gasteiger partial charge in [-0.1, -0.05) is 5.16 Å². The van der Waals surface area contributed by atoms with Gasteiger partial charge in [0.25, 0.3) is 0 Å². The molecule has 0 aromatic carbocycles. The van der Waals surface area contributed by atoms with Gasteiger partial charge in [-0.15, -0.1) is 0 Å². The minimum atomic E-state index is -5.08. The van der Waals surface area contributed by atoms with Gasteiger partial charge in [0.15, 0.2) is 0 Å². The van der Waals surface area contributed by atoms with Gasteiger partial charge in [-0.2, -0.15) is 13.2 Å². The van der Waals surface area contributed by atoms with E-state index in [1.165, 1.54) is 0 Å². The number of hydrogen-bond acceptors (Lipinski definition) is 6. The summed E-state index contributed by atoms with van der Waals surface area (Å²) < 4.78 is 42.7. The van der Waals surface area contributed by atoms with Gasteiger partial charge >= 0.3 is 12.1 Å². The number of carbonyl (C=O) groups is 2. The van der Waals surface area contributed by atoms with Crippen molar-refractivity contribution >= 4 is 11.9 Å². The molecule has 0 saturated carbocycles. The maximum atomic E-state index is 12.5. The highest BCUT2D eigenvalue weighted by atomic mass is 19.4. The number of fused-ring (bicyclic) bond motifs is 1. The number of ether oxygens (including phenoxy) is 1. The molecular weight excluding hydrogens is 419 g/mol. The first kappa shape index (κ1) is 23.5. The van der Waals surface area contributed by atoms with Crippen molar-refractivity contribution in [1.82, 2.24) is 15.0 Å². The maximum Gasteiger partial charge on any atom is 0.490 e. The van der Waals surface area contributed by atoms with Crippen LogP contribution < -0.4 is 0 Å². The molecule has 0 unspecified atom stereocenters. The number of rotatable bonds is 4. The fraction of sp³-hybridized carbons (Fsp3) is 0.750. The summed E-state index contributed by atoms with van der Waals surface area (Å²) in [7, 11) is 0. The molecule has 1 aromatic rings. The Balaban J connectivity index is 0.000000339. The third kappa shape index (κ3) is 6.42. The molecule has 1 N–H and O–H groups in total. The minimum absolute atomic E-state index is 0.326. The van der Waals surface area contributed by atoms with Crippen LogP contribution in [0.15, 0.2) is 10.6 Å². The van der Waals surface area contributed by atoms with Crippen LogP contribution in [-0.2, 0) is 20.9 Å². The average Bonchev–Trinajstić information content (AvgIpc) is 3.43. The molecule has 4 rings (SSSR count). The number of likely N-dealkylation sites (tertiary alicyclic amines) is 2. The SMILES string of the molecule is Cc1cc(CN2C[C@@H]3COC[C@@H](CC(=O)N4CCCC4)[C@@H]3C2)no1.O=C(O)C(F)(F)F. The molecule has 0 aliphatic carbocycles. The zero-order valence-electron chi connectivity index (χ0n) is 17.4. The zero-order valence-corrected chi connectivity index (χ0v) is 17.4. The Labute approximate surface area is 178 Å². The van der Waals surface area contributed by atoms with Gasteiger partial charge in [-0.3, -0.25) is 9.69 Å². The van der Waals surface area contributed by atoms with Crippen molar-refractivity contribution in [3.05, 3.63) is 17.5 Å². The van der Waals surface area contributed by atoms with E-state index >= 15 is 0 Å². The first-order chi connectivity index (χ1) is 14.6. The van der Waals surface area contributed by atoms with Crippen LogP contribution in [-0.4, -0.2) is 77.5 Å². The van der Waals surface area contributed by atoms with Crippen molar-refractivity contribution < 1.29 is 37.1 Å². The van der Waals surface area contributed by atoms with Gasteiger partial charge in [0.1, 0.15) is 5.76 Å². The van der Waals surface area contributed by atoms with Crippen molar-refractivity contribution in [1.29, 1.82) is 0 Å². The van der Waals surface area contributed by atoms with Crippen molar-refractivity contribution in [2.75, 3.05) is 39.4 Å². The number of aliphatic carboxylic acids is 1. The van der Waals surface area contributed by atoms with Gasteiger partial charge in [0.05, 0.1) is 18.9 Å². The van der Waals surface area contributed by atoms with E-state index in [-0.39, 0.29) is 0 Å². The molecule has 174 valence electrons. The minimum Gasteiger partial charge on any atom is -0.475 e. The first-order valence-electron chi connectivity index (χ1n) is 10.4. The van der Waals surface area contributed by atoms with Crippen molar-refractivity contribution in [3.63, 3.8) is 0 Å². The van der Waals surface area contributed by atoms with Gasteiger partial charge in [0, 0.05) is 45.2 Å². The number of aryl methyl sites for hydroxylation is 1. The average molecular weight is 447 g/mol. The third-order valence-electron chi connectivity index (χ3n) is 6.04. The second kappa shape index (κ2) is 9.99. The fourth-order valence-corrected chi connectivity index (χ4v) is 4.57. The van der Waals surface area contributed by atoms with E-state index < -0.39 is 12.1 Å². The van der Waals surface area contributed by atoms with E-state index in [9.17, 15) is 18.0 Å². The molecule has 11 heteroatoms. The lowest BCUT2D eigenvalue weighted by Crippen LogP contribution is -2.39. The van der Waals surface area contributed by atoms with Crippen molar-refractivity contribution in [2.45, 2.75) is 38.9 Å². The Morgan fingerprint density at radius 1 is 1.23 bits per heavy atom. The molecule has 3 atom stereocenters. The number of amides is 1. The number of aromatic nitrogens is 1. The van der Waals surface area contributed by atoms with E-state index in [1.54, 1.807) is 0 Å². The van der Waals surface area contributed by atoms with Crippen LogP contribution in [0, 0.1) is 24.7 Å². The predicted molar refractivity (Wildman–Crippen MR) is 102 cm³/mol. The predicted octanol–water partition coefficient (Wildman–Crippen LogP) is 2.32. The Morgan fingerprint density at radius 3 is 2.48 bits per heavy atom. The highest BCUT2D eigenvalue weighted by molar-refractivity contribution is 5.76. The Kier molecular flexibility index (Phi) is 7.58. The summed E-state index contributed by atoms with van der Waals surface area (Å²) >= 11 is 0. The molecule has 1 aromatic heterocycles. The Hall–Kier alpha value is -2.14. The van der Waals surface area contributed by atoms with E-state index in [0.29, 0.717) is 30.1 Å². The molecule has 0 spiro atoms. The quantitative estimate of drug-likeness (QED) is 0.757. The van der Waals surface area contributed by atoms with Gasteiger partial charge in [-0.25, -0.2) is 4.79 Å². The summed E-state index contributed by atoms with van der Waals surface area (Å²) in [6, 6.07) is 2.01. The van der Waals surface area contributed by atoms with Gasteiger partial charge in [-0.05, 0) is 37.5 Å². The van der Waals surface area contributed by atoms with Crippen LogP contribution >= 0.6 is 0 Å². The van der Waals surface area contributed by atoms with Crippen LogP contribution in [0.4, 0.5) is 13.2 Å². The second-order valence-electron chi connectivity index (χ2n) is 8.44. The second-order valence-corrected chi connectivity index (χ2v) is 8.44. The van der Waals surface area contributed by atoms with Crippen molar-refractivity contribution in [2.24, 2.45) is 17.8 Å². The zero-order chi connectivity index (χ0) is 22.6. The molecule has 4 heterocycles. The van der Waals surface area contributed by atoms with Crippen LogP contribution in [0.5, 0.6) is 0 Å². The van der Waals surface area contributed by atoms with E-state index in [2.05, 4.69) is 10.1 Å². The summed E-state index contributed by atoms with van der Waals surface area (Å²) in [5.74, 6) is -0.0961. The highest BCUT2D eigenvalue weighted by Crippen LogP contribution is 2.36. The van der Waals surface area contributed by atoms with E-state index in [4.69, 9.17) is 19.2 Å². The number of alkyl halides is 3. The molecule has 3 aliphatic heterocycles. The monoisotopic (exact) mass is 447 g/mol. The van der Waals surface area contributed by atoms with Crippen LogP contribution in [0.1, 0.15) is 30.7 Å². The number of halogens is 3. The number of carbonyl (C=O) groups excluding carboxylic acids is 1. The topological polar surface area (TPSA) is 96.1 Å². The third-order valence-corrected chi connectivity index (χ3v) is 6.04. The summed E-state index contributed by atoms with van der Waals surface area (Å²) in [5.41, 5.74) is 0.997. The molecule has 31 heavy (non-hydrogen) atoms. The number of hydrogen-bond donors (Lipinski definition) is 1. The smallest absolute Gasteiger partial charge is 0.475 e. The molecule has 3 saturated heterocycles. The van der Waals surface area contributed by atoms with Crippen LogP contribution in [0.2, 0.25) is 0 Å². The molecule has 3 aliphatic rings. The van der Waals surface area contributed by atoms with Crippen LogP contribution in [0.3, 0.4) is 0 Å². The lowest BCUT2D eigenvalue weighted by Gasteiger charge is -2.33. The van der Waals surface area contributed by atoms with E-state index in [1.807, 2.05) is 17.9 Å². The highest BCUT2D eigenvalue weighted by Gasteiger charge is 2.42. The first-order valence-corrected chi connectivity index (χ1v) is 10.4. The molecular formula is C20H28F3N3O5. The lowest BCUT2D eigenvalue weighted by molar-refractivity contribution is -0.192. The normalized spacial score (nSPS) is 26.3. The fourth-order valence-electron chi connectivity index (χ4n) is 4.57. The van der Waals surface area contributed by atoms with Crippen molar-refractivity contribution in [3.8, 4) is 0 Å². The molecule has 1 amide bonds. The number of carboxylic acids is 1. The Morgan fingerprint density at radius 2 is 1.90 bits per heavy atom. The number of carboxylic acid groups (broad SMARTS) is 1. The molecule has 0 radical (unpaired) electrons. The lowest BCUT2D eigenvalue weighted by atomic mass is 9.81. The molecule has 0 bridgehead atoms. The summed E-state index contributed by atoms with van der Waals surface area (Å²) in [5, 5.41) is 11.2. The van der Waals surface area contributed by atoms with E-state index in [0.717, 1.165) is 70.2 Å². The summed E-state index contributed by atoms with van der Waals surface area (Å²) in [6.45, 7) is 8.27. The Bertz CT molecular complexity index is 763. The summed E-state index contributed by atoms with van der Waals surface area (Å²) in [4.78, 5) is 25.9. The van der Waals surface area contributed by atoms with Gasteiger partial charge < -0.3 is 19.3 Å². The molecule has 8 nitrogen and oxygen atoms in total. The summed E-state index contributed by atoms with van der Waals surface area (Å²) in [6.07, 6.45) is -2.12. The molecule has 3 fully saturated rings. The largest absolute Gasteiger partial charge is 0.490 e. The van der Waals surface area contributed by atoms with Crippen LogP contribution in [0.25, 0.3) is 0 Å². The number of nitrogens with zero attached hydrogens (tertiary/aromatic N) is 3. The maximum absolute atomic E-state index is 12.5. The van der Waals surface area contributed by atoms with Gasteiger partial charge in [0.2, 0.25) is 5.91 Å².